The maximum absolute atomic E-state index is 10.6. The molecule has 3 aromatic rings. The first-order chi connectivity index (χ1) is 17.8. The van der Waals surface area contributed by atoms with Crippen LogP contribution in [0.15, 0.2) is 66.9 Å². The molecule has 0 spiro atoms. The number of benzene rings is 2. The number of pyridine rings is 1. The minimum Gasteiger partial charge on any atom is -0.487 e. The molecule has 2 aliphatic heterocycles. The second kappa shape index (κ2) is 10.3. The Morgan fingerprint density at radius 1 is 1.14 bits per heavy atom. The van der Waals surface area contributed by atoms with Crippen molar-refractivity contribution in [3.8, 4) is 11.8 Å². The molecule has 2 aromatic carbocycles. The zero-order chi connectivity index (χ0) is 26.0. The molecule has 1 aromatic heterocycles. The van der Waals surface area contributed by atoms with Crippen molar-refractivity contribution in [2.24, 2.45) is 0 Å². The Hall–Kier alpha value is -3.17. The van der Waals surface area contributed by atoms with Gasteiger partial charge in [-0.15, -0.1) is 0 Å². The third-order valence-electron chi connectivity index (χ3n) is 7.64. The van der Waals surface area contributed by atoms with Crippen molar-refractivity contribution in [2.75, 3.05) is 19.6 Å². The Morgan fingerprint density at radius 3 is 2.59 bits per heavy atom. The molecular weight excluding hydrogens is 482 g/mol. The molecular formula is C31H32ClN3O2. The number of fused-ring (bicyclic) bond motifs is 2. The highest BCUT2D eigenvalue weighted by Gasteiger charge is 2.36. The highest BCUT2D eigenvalue weighted by Crippen LogP contribution is 2.39. The summed E-state index contributed by atoms with van der Waals surface area (Å²) in [6.07, 6.45) is 6.54. The fourth-order valence-electron chi connectivity index (χ4n) is 5.34. The minimum atomic E-state index is -0.949. The van der Waals surface area contributed by atoms with Gasteiger partial charge in [-0.25, -0.2) is 0 Å². The first kappa shape index (κ1) is 25.5. The van der Waals surface area contributed by atoms with Gasteiger partial charge in [0.15, 0.2) is 0 Å². The number of nitriles is 1. The number of nitrogens with zero attached hydrogens (tertiary/aromatic N) is 3. The molecule has 5 rings (SSSR count). The summed E-state index contributed by atoms with van der Waals surface area (Å²) >= 11 is 6.07. The van der Waals surface area contributed by atoms with E-state index in [1.807, 2.05) is 48.5 Å². The van der Waals surface area contributed by atoms with Gasteiger partial charge in [-0.3, -0.25) is 4.98 Å². The number of hydrogen-bond donors (Lipinski definition) is 1. The number of ether oxygens (including phenoxy) is 1. The number of likely N-dealkylation sites (tertiary alicyclic amines) is 1. The molecule has 190 valence electrons. The fraction of sp³-hybridized carbons (Fsp3) is 0.355. The molecule has 0 amide bonds. The number of hydrogen-bond acceptors (Lipinski definition) is 5. The Bertz CT molecular complexity index is 1340. The first-order valence-electron chi connectivity index (χ1n) is 12.8. The summed E-state index contributed by atoms with van der Waals surface area (Å²) in [5.74, 6) is 0.803. The zero-order valence-electron chi connectivity index (χ0n) is 21.4. The van der Waals surface area contributed by atoms with Crippen molar-refractivity contribution in [1.82, 2.24) is 9.88 Å². The van der Waals surface area contributed by atoms with Gasteiger partial charge in [0.2, 0.25) is 0 Å². The Kier molecular flexibility index (Phi) is 7.09. The van der Waals surface area contributed by atoms with Gasteiger partial charge in [0.1, 0.15) is 12.4 Å². The molecule has 0 bridgehead atoms. The van der Waals surface area contributed by atoms with Crippen LogP contribution in [0.3, 0.4) is 0 Å². The molecule has 1 N–H and O–H groups in total. The largest absolute Gasteiger partial charge is 0.487 e. The SMILES string of the molecule is CC(C)(O)c1ccc2c(c1)/C(=C/CCN1CCC(C#N)(c3ccc(Cl)cc3)CC1)c1cccnc1CO2. The normalized spacial score (nSPS) is 18.3. The van der Waals surface area contributed by atoms with E-state index in [1.165, 1.54) is 0 Å². The van der Waals surface area contributed by atoms with E-state index >= 15 is 0 Å². The van der Waals surface area contributed by atoms with E-state index in [9.17, 15) is 10.4 Å². The van der Waals surface area contributed by atoms with E-state index in [2.05, 4.69) is 28.1 Å². The van der Waals surface area contributed by atoms with Gasteiger partial charge in [-0.2, -0.15) is 5.26 Å². The predicted molar refractivity (Wildman–Crippen MR) is 146 cm³/mol. The number of halogens is 1. The number of aliphatic hydroxyl groups is 1. The quantitative estimate of drug-likeness (QED) is 0.437. The molecule has 37 heavy (non-hydrogen) atoms. The molecule has 1 fully saturated rings. The average molecular weight is 514 g/mol. The van der Waals surface area contributed by atoms with Crippen LogP contribution < -0.4 is 4.74 Å². The summed E-state index contributed by atoms with van der Waals surface area (Å²) in [7, 11) is 0. The summed E-state index contributed by atoms with van der Waals surface area (Å²) in [6, 6.07) is 20.3. The molecule has 0 atom stereocenters. The summed E-state index contributed by atoms with van der Waals surface area (Å²) < 4.78 is 6.12. The van der Waals surface area contributed by atoms with Gasteiger partial charge in [0.25, 0.3) is 0 Å². The Labute approximate surface area is 224 Å². The lowest BCUT2D eigenvalue weighted by Crippen LogP contribution is -2.42. The van der Waals surface area contributed by atoms with Crippen molar-refractivity contribution in [2.45, 2.75) is 50.7 Å². The molecule has 0 radical (unpaired) electrons. The molecule has 1 saturated heterocycles. The van der Waals surface area contributed by atoms with Gasteiger partial charge in [0.05, 0.1) is 22.8 Å². The van der Waals surface area contributed by atoms with Gasteiger partial charge in [-0.1, -0.05) is 41.9 Å². The van der Waals surface area contributed by atoms with Crippen LogP contribution in [0.5, 0.6) is 5.75 Å². The predicted octanol–water partition coefficient (Wildman–Crippen LogP) is 6.23. The average Bonchev–Trinajstić information content (AvgIpc) is 3.06. The number of piperidine rings is 1. The lowest BCUT2D eigenvalue weighted by Gasteiger charge is -2.37. The van der Waals surface area contributed by atoms with Crippen molar-refractivity contribution in [3.63, 3.8) is 0 Å². The number of aromatic nitrogens is 1. The van der Waals surface area contributed by atoms with Gasteiger partial charge in [-0.05, 0) is 93.2 Å². The highest BCUT2D eigenvalue weighted by molar-refractivity contribution is 6.30. The van der Waals surface area contributed by atoms with E-state index in [-0.39, 0.29) is 0 Å². The topological polar surface area (TPSA) is 69.4 Å². The van der Waals surface area contributed by atoms with Crippen LogP contribution >= 0.6 is 11.6 Å². The Balaban J connectivity index is 1.36. The van der Waals surface area contributed by atoms with E-state index in [0.717, 1.165) is 78.2 Å². The second-order valence-electron chi connectivity index (χ2n) is 10.5. The minimum absolute atomic E-state index is 0.412. The van der Waals surface area contributed by atoms with Crippen LogP contribution in [0.2, 0.25) is 5.02 Å². The third kappa shape index (κ3) is 5.29. The highest BCUT2D eigenvalue weighted by atomic mass is 35.5. The van der Waals surface area contributed by atoms with Gasteiger partial charge < -0.3 is 14.7 Å². The molecule has 2 aliphatic rings. The van der Waals surface area contributed by atoms with Crippen LogP contribution in [-0.4, -0.2) is 34.6 Å². The smallest absolute Gasteiger partial charge is 0.131 e. The Morgan fingerprint density at radius 2 is 1.89 bits per heavy atom. The van der Waals surface area contributed by atoms with Crippen molar-refractivity contribution < 1.29 is 9.84 Å². The standard InChI is InChI=1S/C31H32ClN3O2/c1-30(2,36)23-9-12-29-27(19-23)25(26-5-3-15-34-28(26)20-37-29)6-4-16-35-17-13-31(21-33,14-18-35)22-7-10-24(32)11-8-22/h3,5-12,15,19,36H,4,13-14,16-18,20H2,1-2H3/b25-6+. The lowest BCUT2D eigenvalue weighted by molar-refractivity contribution is 0.0785. The van der Waals surface area contributed by atoms with E-state index < -0.39 is 11.0 Å². The second-order valence-corrected chi connectivity index (χ2v) is 10.9. The monoisotopic (exact) mass is 513 g/mol. The molecule has 0 aliphatic carbocycles. The summed E-state index contributed by atoms with van der Waals surface area (Å²) in [4.78, 5) is 7.02. The molecule has 5 nitrogen and oxygen atoms in total. The summed E-state index contributed by atoms with van der Waals surface area (Å²) in [5.41, 5.74) is 4.56. The van der Waals surface area contributed by atoms with Crippen molar-refractivity contribution >= 4 is 17.2 Å². The van der Waals surface area contributed by atoms with Gasteiger partial charge >= 0.3 is 0 Å². The number of rotatable bonds is 5. The van der Waals surface area contributed by atoms with Crippen molar-refractivity contribution in [1.29, 1.82) is 5.26 Å². The molecule has 0 saturated carbocycles. The molecule has 6 heteroatoms. The first-order valence-corrected chi connectivity index (χ1v) is 13.2. The van der Waals surface area contributed by atoms with E-state index in [4.69, 9.17) is 16.3 Å². The van der Waals surface area contributed by atoms with Crippen LogP contribution in [0.4, 0.5) is 0 Å². The van der Waals surface area contributed by atoms with E-state index in [0.29, 0.717) is 11.6 Å². The molecule has 3 heterocycles. The fourth-order valence-corrected chi connectivity index (χ4v) is 5.47. The summed E-state index contributed by atoms with van der Waals surface area (Å²) in [5, 5.41) is 21.4. The zero-order valence-corrected chi connectivity index (χ0v) is 22.1. The van der Waals surface area contributed by atoms with Crippen LogP contribution in [-0.2, 0) is 17.6 Å². The lowest BCUT2D eigenvalue weighted by atomic mass is 9.74. The van der Waals surface area contributed by atoms with Gasteiger partial charge in [0, 0.05) is 28.9 Å². The maximum Gasteiger partial charge on any atom is 0.131 e. The van der Waals surface area contributed by atoms with Crippen LogP contribution in [0.25, 0.3) is 5.57 Å². The van der Waals surface area contributed by atoms with E-state index in [1.54, 1.807) is 20.0 Å². The maximum atomic E-state index is 10.6. The van der Waals surface area contributed by atoms with Crippen molar-refractivity contribution in [3.05, 3.63) is 99.8 Å². The third-order valence-corrected chi connectivity index (χ3v) is 7.89. The van der Waals surface area contributed by atoms with Crippen LogP contribution in [0.1, 0.15) is 61.1 Å². The summed E-state index contributed by atoms with van der Waals surface area (Å²) in [6.45, 7) is 6.66. The molecule has 0 unspecified atom stereocenters. The van der Waals surface area contributed by atoms with Crippen LogP contribution in [0, 0.1) is 11.3 Å².